The molecule has 2 aromatic carbocycles. The Hall–Kier alpha value is -3.04. The Bertz CT molecular complexity index is 1050. The van der Waals surface area contributed by atoms with Crippen molar-refractivity contribution in [3.8, 4) is 0 Å². The topological polar surface area (TPSA) is 105 Å². The van der Waals surface area contributed by atoms with Crippen molar-refractivity contribution < 1.29 is 24.5 Å². The van der Waals surface area contributed by atoms with Crippen molar-refractivity contribution in [1.29, 1.82) is 0 Å². The molecule has 0 aromatic heterocycles. The van der Waals surface area contributed by atoms with Crippen molar-refractivity contribution in [3.63, 3.8) is 0 Å². The Labute approximate surface area is 194 Å². The van der Waals surface area contributed by atoms with Crippen molar-refractivity contribution in [2.45, 2.75) is 19.9 Å². The molecule has 1 heterocycles. The molecule has 3 rings (SSSR count). The predicted octanol–water partition coefficient (Wildman–Crippen LogP) is 2.70. The number of carbonyl (C=O) groups is 2. The van der Waals surface area contributed by atoms with Gasteiger partial charge in [-0.05, 0) is 43.7 Å². The van der Waals surface area contributed by atoms with E-state index in [1.54, 1.807) is 24.3 Å². The highest BCUT2D eigenvalue weighted by Crippen LogP contribution is 2.39. The largest absolute Gasteiger partial charge is 0.507 e. The maximum Gasteiger partial charge on any atom is 0.295 e. The van der Waals surface area contributed by atoms with Crippen molar-refractivity contribution in [2.75, 3.05) is 26.2 Å². The Morgan fingerprint density at radius 2 is 1.69 bits per heavy atom. The van der Waals surface area contributed by atoms with Crippen LogP contribution in [0.2, 0.25) is 0 Å². The summed E-state index contributed by atoms with van der Waals surface area (Å²) in [6.45, 7) is 6.81. The molecular weight excluding hydrogens is 478 g/mol. The molecule has 1 fully saturated rings. The summed E-state index contributed by atoms with van der Waals surface area (Å²) in [7, 11) is 0. The van der Waals surface area contributed by atoms with Gasteiger partial charge in [-0.2, -0.15) is 0 Å². The number of likely N-dealkylation sites (N-methyl/N-ethyl adjacent to an activating group) is 1. The van der Waals surface area contributed by atoms with E-state index in [1.165, 1.54) is 34.1 Å². The number of non-ortho nitro benzene ring substituents is 1. The molecule has 8 nitrogen and oxygen atoms in total. The predicted molar refractivity (Wildman–Crippen MR) is 123 cm³/mol. The zero-order valence-electron chi connectivity index (χ0n) is 17.9. The lowest BCUT2D eigenvalue weighted by molar-refractivity contribution is -0.895. The van der Waals surface area contributed by atoms with E-state index in [0.29, 0.717) is 24.2 Å². The zero-order chi connectivity index (χ0) is 23.4. The number of likely N-dealkylation sites (tertiary alicyclic amines) is 1. The molecule has 32 heavy (non-hydrogen) atoms. The number of quaternary nitrogens is 1. The third-order valence-corrected chi connectivity index (χ3v) is 6.31. The number of aliphatic hydroxyl groups excluding tert-OH is 1. The second kappa shape index (κ2) is 10.1. The number of hydrogen-bond acceptors (Lipinski definition) is 5. The van der Waals surface area contributed by atoms with Crippen LogP contribution in [0.5, 0.6) is 0 Å². The quantitative estimate of drug-likeness (QED) is 0.190. The van der Waals surface area contributed by atoms with Crippen LogP contribution in [-0.2, 0) is 9.59 Å². The average Bonchev–Trinajstić information content (AvgIpc) is 3.04. The number of carbonyl (C=O) groups excluding carboxylic acids is 2. The van der Waals surface area contributed by atoms with Gasteiger partial charge in [-0.3, -0.25) is 19.7 Å². The van der Waals surface area contributed by atoms with Crippen LogP contribution >= 0.6 is 15.9 Å². The maximum absolute atomic E-state index is 13.0. The number of nitrogens with zero attached hydrogens (tertiary/aromatic N) is 2. The van der Waals surface area contributed by atoms with Crippen LogP contribution in [0.3, 0.4) is 0 Å². The number of aliphatic hydroxyl groups is 1. The van der Waals surface area contributed by atoms with Crippen LogP contribution in [0.15, 0.2) is 58.6 Å². The number of benzene rings is 2. The first-order valence-electron chi connectivity index (χ1n) is 10.4. The van der Waals surface area contributed by atoms with E-state index in [9.17, 15) is 24.8 Å². The van der Waals surface area contributed by atoms with Gasteiger partial charge < -0.3 is 14.9 Å². The number of hydrogen-bond donors (Lipinski definition) is 2. The molecular formula is C23H25BrN3O5+. The van der Waals surface area contributed by atoms with Crippen molar-refractivity contribution in [2.24, 2.45) is 0 Å². The average molecular weight is 503 g/mol. The van der Waals surface area contributed by atoms with Gasteiger partial charge in [0, 0.05) is 22.2 Å². The van der Waals surface area contributed by atoms with Crippen molar-refractivity contribution in [1.82, 2.24) is 4.90 Å². The van der Waals surface area contributed by atoms with E-state index in [-0.39, 0.29) is 17.0 Å². The smallest absolute Gasteiger partial charge is 0.295 e. The zero-order valence-corrected chi connectivity index (χ0v) is 19.5. The lowest BCUT2D eigenvalue weighted by Gasteiger charge is -2.26. The Balaban J connectivity index is 2.10. The molecule has 0 spiro atoms. The maximum atomic E-state index is 13.0. The molecule has 168 valence electrons. The molecule has 1 amide bonds. The molecule has 1 aliphatic heterocycles. The van der Waals surface area contributed by atoms with Gasteiger partial charge in [0.15, 0.2) is 0 Å². The Kier molecular flexibility index (Phi) is 7.42. The highest BCUT2D eigenvalue weighted by molar-refractivity contribution is 9.10. The van der Waals surface area contributed by atoms with Gasteiger partial charge in [0.2, 0.25) is 0 Å². The van der Waals surface area contributed by atoms with Crippen LogP contribution in [0.1, 0.15) is 31.0 Å². The third-order valence-electron chi connectivity index (χ3n) is 5.78. The fourth-order valence-corrected chi connectivity index (χ4v) is 4.15. The van der Waals surface area contributed by atoms with Gasteiger partial charge in [0.1, 0.15) is 5.76 Å². The molecule has 1 aliphatic rings. The van der Waals surface area contributed by atoms with Crippen molar-refractivity contribution in [3.05, 3.63) is 79.8 Å². The number of amides is 1. The number of ketones is 1. The first kappa shape index (κ1) is 23.6. The molecule has 0 radical (unpaired) electrons. The highest BCUT2D eigenvalue weighted by Gasteiger charge is 2.46. The van der Waals surface area contributed by atoms with E-state index in [1.807, 2.05) is 13.8 Å². The van der Waals surface area contributed by atoms with Gasteiger partial charge in [-0.25, -0.2) is 0 Å². The van der Waals surface area contributed by atoms with Crippen LogP contribution in [0, 0.1) is 10.1 Å². The Morgan fingerprint density at radius 1 is 1.09 bits per heavy atom. The van der Waals surface area contributed by atoms with Crippen LogP contribution in [0.25, 0.3) is 5.76 Å². The summed E-state index contributed by atoms with van der Waals surface area (Å²) in [6.07, 6.45) is 0. The minimum Gasteiger partial charge on any atom is -0.507 e. The van der Waals surface area contributed by atoms with Crippen LogP contribution < -0.4 is 4.90 Å². The highest BCUT2D eigenvalue weighted by atomic mass is 79.9. The first-order valence-corrected chi connectivity index (χ1v) is 11.2. The molecule has 0 bridgehead atoms. The lowest BCUT2D eigenvalue weighted by atomic mass is 9.95. The molecule has 1 unspecified atom stereocenters. The van der Waals surface area contributed by atoms with E-state index >= 15 is 0 Å². The first-order chi connectivity index (χ1) is 15.3. The molecule has 0 aliphatic carbocycles. The van der Waals surface area contributed by atoms with Crippen molar-refractivity contribution >= 4 is 39.1 Å². The number of Topliss-reactive ketones (excluding diaryl/α,β-unsaturated/α-hetero) is 1. The minimum absolute atomic E-state index is 0.0132. The van der Waals surface area contributed by atoms with Gasteiger partial charge in [0.25, 0.3) is 17.4 Å². The summed E-state index contributed by atoms with van der Waals surface area (Å²) in [5.74, 6) is -1.71. The van der Waals surface area contributed by atoms with Gasteiger partial charge in [0.05, 0.1) is 42.7 Å². The summed E-state index contributed by atoms with van der Waals surface area (Å²) in [4.78, 5) is 39.2. The molecule has 1 atom stereocenters. The summed E-state index contributed by atoms with van der Waals surface area (Å²) in [6, 6.07) is 11.7. The van der Waals surface area contributed by atoms with Crippen LogP contribution in [0.4, 0.5) is 5.69 Å². The monoisotopic (exact) mass is 502 g/mol. The van der Waals surface area contributed by atoms with Gasteiger partial charge in [-0.15, -0.1) is 0 Å². The lowest BCUT2D eigenvalue weighted by Crippen LogP contribution is -3.12. The molecule has 2 N–H and O–H groups in total. The fraction of sp³-hybridized carbons (Fsp3) is 0.304. The summed E-state index contributed by atoms with van der Waals surface area (Å²) >= 11 is 3.34. The second-order valence-electron chi connectivity index (χ2n) is 7.56. The number of rotatable bonds is 8. The second-order valence-corrected chi connectivity index (χ2v) is 8.47. The summed E-state index contributed by atoms with van der Waals surface area (Å²) in [5, 5.41) is 22.1. The third kappa shape index (κ3) is 4.73. The minimum atomic E-state index is -0.825. The van der Waals surface area contributed by atoms with Crippen LogP contribution in [-0.4, -0.2) is 52.8 Å². The SMILES string of the molecule is CC[NH+](CC)CCN1C(=O)C(=O)C(=C(O)c2ccc(Br)cc2)C1c1ccc([N+](=O)[O-])cc1. The van der Waals surface area contributed by atoms with Gasteiger partial charge in [-0.1, -0.05) is 28.1 Å². The molecule has 2 aromatic rings. The van der Waals surface area contributed by atoms with E-state index in [2.05, 4.69) is 15.9 Å². The molecule has 1 saturated heterocycles. The van der Waals surface area contributed by atoms with E-state index in [4.69, 9.17) is 0 Å². The molecule has 9 heteroatoms. The van der Waals surface area contributed by atoms with E-state index < -0.39 is 22.7 Å². The number of nitro benzene ring substituents is 1. The standard InChI is InChI=1S/C23H24BrN3O5/c1-3-25(4-2)13-14-26-20(15-7-11-18(12-8-15)27(31)32)19(22(29)23(26)30)21(28)16-5-9-17(24)10-6-16/h5-12,20,28H,3-4,13-14H2,1-2H3/p+1. The summed E-state index contributed by atoms with van der Waals surface area (Å²) < 4.78 is 0.809. The Morgan fingerprint density at radius 3 is 2.22 bits per heavy atom. The number of nitrogens with one attached hydrogen (secondary N) is 1. The molecule has 0 saturated carbocycles. The van der Waals surface area contributed by atoms with E-state index in [0.717, 1.165) is 17.6 Å². The summed E-state index contributed by atoms with van der Waals surface area (Å²) in [5.41, 5.74) is 0.836. The number of nitro groups is 1. The fourth-order valence-electron chi connectivity index (χ4n) is 3.88. The number of halogens is 1. The normalized spacial score (nSPS) is 17.9. The van der Waals surface area contributed by atoms with Gasteiger partial charge >= 0.3 is 0 Å².